The van der Waals surface area contributed by atoms with Gasteiger partial charge in [0.05, 0.1) is 14.2 Å². The molecule has 0 bridgehead atoms. The lowest BCUT2D eigenvalue weighted by atomic mass is 10.2. The number of carbonyl (C=O) groups excluding carboxylic acids is 1. The lowest BCUT2D eigenvalue weighted by molar-refractivity contribution is 0.0954. The number of ether oxygens (including phenoxy) is 2. The van der Waals surface area contributed by atoms with Gasteiger partial charge >= 0.3 is 0 Å². The Kier molecular flexibility index (Phi) is 6.77. The van der Waals surface area contributed by atoms with Gasteiger partial charge in [-0.2, -0.15) is 0 Å². The van der Waals surface area contributed by atoms with E-state index in [0.29, 0.717) is 47.6 Å². The van der Waals surface area contributed by atoms with E-state index in [-0.39, 0.29) is 5.91 Å². The summed E-state index contributed by atoms with van der Waals surface area (Å²) in [7, 11) is 3.08. The van der Waals surface area contributed by atoms with Crippen molar-refractivity contribution in [2.45, 2.75) is 0 Å². The van der Waals surface area contributed by atoms with Crippen LogP contribution in [-0.4, -0.2) is 48.4 Å². The second-order valence-electron chi connectivity index (χ2n) is 5.93. The fourth-order valence-electron chi connectivity index (χ4n) is 2.47. The first-order valence-electron chi connectivity index (χ1n) is 8.95. The molecule has 0 aliphatic carbocycles. The number of rotatable bonds is 9. The van der Waals surface area contributed by atoms with Gasteiger partial charge in [-0.25, -0.2) is 4.98 Å². The largest absolute Gasteiger partial charge is 0.497 e. The molecule has 0 saturated heterocycles. The molecule has 29 heavy (non-hydrogen) atoms. The molecule has 3 N–H and O–H groups in total. The van der Waals surface area contributed by atoms with Crippen LogP contribution in [0, 0.1) is 0 Å². The third-order valence-corrected chi connectivity index (χ3v) is 3.92. The Morgan fingerprint density at radius 1 is 0.897 bits per heavy atom. The molecule has 9 nitrogen and oxygen atoms in total. The van der Waals surface area contributed by atoms with Gasteiger partial charge in [0.2, 0.25) is 0 Å². The molecular formula is C20H22N6O3. The highest BCUT2D eigenvalue weighted by atomic mass is 16.5. The third-order valence-electron chi connectivity index (χ3n) is 3.92. The van der Waals surface area contributed by atoms with Gasteiger partial charge < -0.3 is 25.4 Å². The molecule has 0 aliphatic rings. The zero-order chi connectivity index (χ0) is 20.5. The standard InChI is InChI=1S/C20H22N6O3/c1-28-15-11-14(12-16(13-15)29-2)20(27)23-10-9-22-18-6-7-19(26-25-18)24-17-5-3-4-8-21-17/h3-8,11-13H,9-10H2,1-2H3,(H,22,25)(H,23,27)(H,21,24,26). The van der Waals surface area contributed by atoms with Crippen LogP contribution in [0.5, 0.6) is 11.5 Å². The van der Waals surface area contributed by atoms with E-state index >= 15 is 0 Å². The van der Waals surface area contributed by atoms with E-state index in [1.165, 1.54) is 0 Å². The average Bonchev–Trinajstić information content (AvgIpc) is 2.78. The van der Waals surface area contributed by atoms with Gasteiger partial charge in [-0.15, -0.1) is 10.2 Å². The van der Waals surface area contributed by atoms with E-state index < -0.39 is 0 Å². The monoisotopic (exact) mass is 394 g/mol. The van der Waals surface area contributed by atoms with Gasteiger partial charge in [0.25, 0.3) is 5.91 Å². The predicted octanol–water partition coefficient (Wildman–Crippen LogP) is 2.47. The molecule has 0 unspecified atom stereocenters. The topological polar surface area (TPSA) is 110 Å². The van der Waals surface area contributed by atoms with Crippen LogP contribution < -0.4 is 25.4 Å². The number of pyridine rings is 1. The number of anilines is 3. The molecule has 2 heterocycles. The number of nitrogens with zero attached hydrogens (tertiary/aromatic N) is 3. The Morgan fingerprint density at radius 3 is 2.24 bits per heavy atom. The molecule has 0 atom stereocenters. The van der Waals surface area contributed by atoms with Crippen molar-refractivity contribution in [2.75, 3.05) is 37.9 Å². The first-order chi connectivity index (χ1) is 14.2. The number of hydrogen-bond acceptors (Lipinski definition) is 8. The Hall–Kier alpha value is -3.88. The highest BCUT2D eigenvalue weighted by molar-refractivity contribution is 5.95. The van der Waals surface area contributed by atoms with Crippen LogP contribution >= 0.6 is 0 Å². The minimum Gasteiger partial charge on any atom is -0.497 e. The van der Waals surface area contributed by atoms with Crippen molar-refractivity contribution in [1.29, 1.82) is 0 Å². The van der Waals surface area contributed by atoms with Crippen molar-refractivity contribution in [3.05, 3.63) is 60.3 Å². The molecule has 3 aromatic rings. The normalized spacial score (nSPS) is 10.1. The van der Waals surface area contributed by atoms with Gasteiger partial charge in [-0.3, -0.25) is 4.79 Å². The van der Waals surface area contributed by atoms with Gasteiger partial charge in [-0.05, 0) is 36.4 Å². The molecular weight excluding hydrogens is 372 g/mol. The van der Waals surface area contributed by atoms with Crippen LogP contribution in [0.1, 0.15) is 10.4 Å². The maximum atomic E-state index is 12.3. The van der Waals surface area contributed by atoms with Crippen LogP contribution in [0.15, 0.2) is 54.7 Å². The fraction of sp³-hybridized carbons (Fsp3) is 0.200. The lowest BCUT2D eigenvalue weighted by Crippen LogP contribution is -2.29. The second-order valence-corrected chi connectivity index (χ2v) is 5.93. The number of hydrogen-bond donors (Lipinski definition) is 3. The van der Waals surface area contributed by atoms with Crippen LogP contribution in [0.3, 0.4) is 0 Å². The number of amides is 1. The summed E-state index contributed by atoms with van der Waals surface area (Å²) in [5, 5.41) is 17.2. The molecule has 3 rings (SSSR count). The molecule has 0 aliphatic heterocycles. The summed E-state index contributed by atoms with van der Waals surface area (Å²) >= 11 is 0. The minimum atomic E-state index is -0.218. The van der Waals surface area contributed by atoms with Gasteiger partial charge in [0.15, 0.2) is 5.82 Å². The maximum Gasteiger partial charge on any atom is 0.251 e. The number of benzene rings is 1. The average molecular weight is 394 g/mol. The van der Waals surface area contributed by atoms with E-state index in [9.17, 15) is 4.79 Å². The molecule has 0 saturated carbocycles. The summed E-state index contributed by atoms with van der Waals surface area (Å²) in [6.07, 6.45) is 1.70. The Balaban J connectivity index is 1.46. The Morgan fingerprint density at radius 2 is 1.62 bits per heavy atom. The van der Waals surface area contributed by atoms with Crippen molar-refractivity contribution < 1.29 is 14.3 Å². The molecule has 1 aromatic carbocycles. The maximum absolute atomic E-state index is 12.3. The summed E-state index contributed by atoms with van der Waals surface area (Å²) in [5.41, 5.74) is 0.464. The Bertz CT molecular complexity index is 912. The molecule has 0 radical (unpaired) electrons. The summed E-state index contributed by atoms with van der Waals surface area (Å²) in [6, 6.07) is 14.2. The summed E-state index contributed by atoms with van der Waals surface area (Å²) in [6.45, 7) is 0.905. The molecule has 9 heteroatoms. The van der Waals surface area contributed by atoms with Gasteiger partial charge in [0.1, 0.15) is 23.1 Å². The van der Waals surface area contributed by atoms with Crippen LogP contribution in [0.4, 0.5) is 17.5 Å². The predicted molar refractivity (Wildman–Crippen MR) is 110 cm³/mol. The number of carbonyl (C=O) groups is 1. The zero-order valence-electron chi connectivity index (χ0n) is 16.2. The van der Waals surface area contributed by atoms with E-state index in [1.807, 2.05) is 18.2 Å². The second kappa shape index (κ2) is 9.88. The van der Waals surface area contributed by atoms with E-state index in [1.54, 1.807) is 50.7 Å². The first-order valence-corrected chi connectivity index (χ1v) is 8.95. The van der Waals surface area contributed by atoms with Crippen molar-refractivity contribution >= 4 is 23.4 Å². The van der Waals surface area contributed by atoms with E-state index in [2.05, 4.69) is 31.1 Å². The summed E-state index contributed by atoms with van der Waals surface area (Å²) in [4.78, 5) is 16.5. The lowest BCUT2D eigenvalue weighted by Gasteiger charge is -2.10. The van der Waals surface area contributed by atoms with Crippen LogP contribution in [0.25, 0.3) is 0 Å². The molecule has 0 spiro atoms. The van der Waals surface area contributed by atoms with Gasteiger partial charge in [0, 0.05) is 30.9 Å². The molecule has 2 aromatic heterocycles. The number of methoxy groups -OCH3 is 2. The van der Waals surface area contributed by atoms with Crippen molar-refractivity contribution in [2.24, 2.45) is 0 Å². The molecule has 0 fully saturated rings. The molecule has 150 valence electrons. The summed E-state index contributed by atoms with van der Waals surface area (Å²) in [5.74, 6) is 2.79. The van der Waals surface area contributed by atoms with Crippen molar-refractivity contribution in [3.8, 4) is 11.5 Å². The fourth-order valence-corrected chi connectivity index (χ4v) is 2.47. The first kappa shape index (κ1) is 19.9. The quantitative estimate of drug-likeness (QED) is 0.475. The number of nitrogens with one attached hydrogen (secondary N) is 3. The smallest absolute Gasteiger partial charge is 0.251 e. The van der Waals surface area contributed by atoms with E-state index in [4.69, 9.17) is 9.47 Å². The minimum absolute atomic E-state index is 0.218. The van der Waals surface area contributed by atoms with Crippen molar-refractivity contribution in [3.63, 3.8) is 0 Å². The Labute approximate surface area is 168 Å². The highest BCUT2D eigenvalue weighted by Gasteiger charge is 2.09. The highest BCUT2D eigenvalue weighted by Crippen LogP contribution is 2.22. The van der Waals surface area contributed by atoms with E-state index in [0.717, 1.165) is 0 Å². The van der Waals surface area contributed by atoms with Gasteiger partial charge in [-0.1, -0.05) is 6.07 Å². The van der Waals surface area contributed by atoms with Crippen LogP contribution in [-0.2, 0) is 0 Å². The van der Waals surface area contributed by atoms with Crippen molar-refractivity contribution in [1.82, 2.24) is 20.5 Å². The zero-order valence-corrected chi connectivity index (χ0v) is 16.2. The molecule has 1 amide bonds. The SMILES string of the molecule is COc1cc(OC)cc(C(=O)NCCNc2ccc(Nc3ccccn3)nn2)c1. The third kappa shape index (κ3) is 5.80. The summed E-state index contributed by atoms with van der Waals surface area (Å²) < 4.78 is 10.4. The number of aromatic nitrogens is 3. The van der Waals surface area contributed by atoms with Crippen LogP contribution in [0.2, 0.25) is 0 Å².